The van der Waals surface area contributed by atoms with E-state index in [0.29, 0.717) is 5.92 Å². The highest BCUT2D eigenvalue weighted by Gasteiger charge is 2.23. The van der Waals surface area contributed by atoms with Crippen LogP contribution in [0.3, 0.4) is 0 Å². The Morgan fingerprint density at radius 1 is 0.684 bits per heavy atom. The molecule has 2 heterocycles. The first kappa shape index (κ1) is 30.6. The Balaban J connectivity index is 1.30. The lowest BCUT2D eigenvalue weighted by molar-refractivity contribution is -0.206. The van der Waals surface area contributed by atoms with Crippen LogP contribution in [0.4, 0.5) is 0 Å². The smallest absolute Gasteiger partial charge is 0.185 e. The number of benzene rings is 1. The first-order chi connectivity index (χ1) is 18.8. The van der Waals surface area contributed by atoms with Crippen LogP contribution >= 0.6 is 0 Å². The molecule has 0 atom stereocenters. The number of hydrogen-bond acceptors (Lipinski definition) is 4. The van der Waals surface area contributed by atoms with Gasteiger partial charge in [0.15, 0.2) is 6.29 Å². The predicted octanol–water partition coefficient (Wildman–Crippen LogP) is 10.1. The van der Waals surface area contributed by atoms with Gasteiger partial charge < -0.3 is 14.2 Å². The third-order valence-electron chi connectivity index (χ3n) is 7.66. The lowest BCUT2D eigenvalue weighted by Gasteiger charge is -2.29. The molecule has 1 aliphatic heterocycles. The summed E-state index contributed by atoms with van der Waals surface area (Å²) in [4.78, 5) is 4.69. The molecule has 1 aliphatic rings. The third-order valence-corrected chi connectivity index (χ3v) is 7.66. The van der Waals surface area contributed by atoms with Gasteiger partial charge in [-0.15, -0.1) is 0 Å². The number of pyridine rings is 1. The van der Waals surface area contributed by atoms with Crippen LogP contribution in [-0.2, 0) is 9.47 Å². The number of rotatable bonds is 20. The molecular weight excluding hydrogens is 470 g/mol. The van der Waals surface area contributed by atoms with Gasteiger partial charge in [-0.1, -0.05) is 110 Å². The van der Waals surface area contributed by atoms with Crippen molar-refractivity contribution in [3.63, 3.8) is 0 Å². The molecule has 0 unspecified atom stereocenters. The minimum Gasteiger partial charge on any atom is -0.494 e. The van der Waals surface area contributed by atoms with Gasteiger partial charge in [-0.25, -0.2) is 0 Å². The van der Waals surface area contributed by atoms with Crippen LogP contribution in [-0.4, -0.2) is 24.8 Å². The van der Waals surface area contributed by atoms with Crippen molar-refractivity contribution in [2.24, 2.45) is 5.92 Å². The molecule has 1 fully saturated rings. The first-order valence-corrected chi connectivity index (χ1v) is 15.7. The number of unbranched alkanes of at least 4 members (excludes halogenated alkanes) is 13. The van der Waals surface area contributed by atoms with E-state index in [2.05, 4.69) is 43.1 Å². The first-order valence-electron chi connectivity index (χ1n) is 15.7. The Morgan fingerprint density at radius 3 is 1.84 bits per heavy atom. The summed E-state index contributed by atoms with van der Waals surface area (Å²) in [5.41, 5.74) is 3.04. The highest BCUT2D eigenvalue weighted by Crippen LogP contribution is 2.29. The Kier molecular flexibility index (Phi) is 15.5. The molecule has 1 aromatic heterocycles. The SMILES string of the molecule is CCCCCCCCCCOc1ccc(-c2ccc(C3OCC(CCCCCCCCC)CO3)cn2)cc1. The van der Waals surface area contributed by atoms with Crippen LogP contribution in [0.5, 0.6) is 5.75 Å². The molecule has 2 aromatic rings. The zero-order valence-corrected chi connectivity index (χ0v) is 24.3. The van der Waals surface area contributed by atoms with Gasteiger partial charge >= 0.3 is 0 Å². The minimum atomic E-state index is -0.297. The third kappa shape index (κ3) is 11.9. The van der Waals surface area contributed by atoms with E-state index in [-0.39, 0.29) is 6.29 Å². The lowest BCUT2D eigenvalue weighted by Crippen LogP contribution is -2.27. The predicted molar refractivity (Wildman–Crippen MR) is 159 cm³/mol. The normalized spacial score (nSPS) is 17.5. The summed E-state index contributed by atoms with van der Waals surface area (Å²) in [5.74, 6) is 1.45. The number of aromatic nitrogens is 1. The fourth-order valence-corrected chi connectivity index (χ4v) is 5.16. The van der Waals surface area contributed by atoms with Crippen molar-refractivity contribution in [3.8, 4) is 17.0 Å². The maximum Gasteiger partial charge on any atom is 0.185 e. The van der Waals surface area contributed by atoms with Crippen LogP contribution < -0.4 is 4.74 Å². The monoisotopic (exact) mass is 523 g/mol. The molecule has 0 saturated carbocycles. The molecule has 38 heavy (non-hydrogen) atoms. The number of nitrogens with zero attached hydrogens (tertiary/aromatic N) is 1. The van der Waals surface area contributed by atoms with Crippen molar-refractivity contribution in [1.29, 1.82) is 0 Å². The molecule has 4 heteroatoms. The van der Waals surface area contributed by atoms with Crippen LogP contribution in [0.25, 0.3) is 11.3 Å². The second-order valence-electron chi connectivity index (χ2n) is 11.1. The van der Waals surface area contributed by atoms with Crippen molar-refractivity contribution in [3.05, 3.63) is 48.2 Å². The van der Waals surface area contributed by atoms with E-state index >= 15 is 0 Å². The van der Waals surface area contributed by atoms with E-state index in [0.717, 1.165) is 48.8 Å². The Hall–Kier alpha value is -1.91. The van der Waals surface area contributed by atoms with E-state index in [9.17, 15) is 0 Å². The molecule has 0 N–H and O–H groups in total. The Morgan fingerprint density at radius 2 is 1.26 bits per heavy atom. The summed E-state index contributed by atoms with van der Waals surface area (Å²) >= 11 is 0. The van der Waals surface area contributed by atoms with Crippen molar-refractivity contribution in [1.82, 2.24) is 4.98 Å². The van der Waals surface area contributed by atoms with E-state index in [1.165, 1.54) is 96.3 Å². The topological polar surface area (TPSA) is 40.6 Å². The zero-order valence-electron chi connectivity index (χ0n) is 24.3. The molecule has 0 spiro atoms. The van der Waals surface area contributed by atoms with Gasteiger partial charge in [0.25, 0.3) is 0 Å². The van der Waals surface area contributed by atoms with Crippen molar-refractivity contribution in [2.75, 3.05) is 19.8 Å². The van der Waals surface area contributed by atoms with Gasteiger partial charge in [0.2, 0.25) is 0 Å². The van der Waals surface area contributed by atoms with Crippen LogP contribution in [0.1, 0.15) is 128 Å². The summed E-state index contributed by atoms with van der Waals surface area (Å²) in [6.45, 7) is 6.90. The van der Waals surface area contributed by atoms with Crippen LogP contribution in [0, 0.1) is 5.92 Å². The fraction of sp³-hybridized carbons (Fsp3) is 0.676. The van der Waals surface area contributed by atoms with E-state index in [1.807, 2.05) is 18.3 Å². The molecule has 3 rings (SSSR count). The van der Waals surface area contributed by atoms with Crippen LogP contribution in [0.15, 0.2) is 42.6 Å². The van der Waals surface area contributed by atoms with E-state index < -0.39 is 0 Å². The summed E-state index contributed by atoms with van der Waals surface area (Å²) < 4.78 is 18.1. The van der Waals surface area contributed by atoms with Crippen molar-refractivity contribution in [2.45, 2.75) is 123 Å². The largest absolute Gasteiger partial charge is 0.494 e. The standard InChI is InChI=1S/C34H53NO3/c1-3-5-7-9-11-13-15-17-25-36-32-22-19-30(20-23-32)33-24-21-31(26-35-33)34-37-27-29(28-38-34)18-16-14-12-10-8-6-4-2/h19-24,26,29,34H,3-18,25,27-28H2,1-2H3. The van der Waals surface area contributed by atoms with Gasteiger partial charge in [-0.2, -0.15) is 0 Å². The molecule has 4 nitrogen and oxygen atoms in total. The van der Waals surface area contributed by atoms with Gasteiger partial charge in [0.05, 0.1) is 25.5 Å². The van der Waals surface area contributed by atoms with Gasteiger partial charge in [0.1, 0.15) is 5.75 Å². The van der Waals surface area contributed by atoms with E-state index in [4.69, 9.17) is 14.2 Å². The minimum absolute atomic E-state index is 0.297. The average molecular weight is 524 g/mol. The molecule has 0 amide bonds. The molecule has 1 saturated heterocycles. The molecule has 0 radical (unpaired) electrons. The maximum absolute atomic E-state index is 6.05. The molecular formula is C34H53NO3. The summed E-state index contributed by atoms with van der Waals surface area (Å²) in [6, 6.07) is 12.4. The highest BCUT2D eigenvalue weighted by atomic mass is 16.7. The highest BCUT2D eigenvalue weighted by molar-refractivity contribution is 5.60. The maximum atomic E-state index is 6.05. The number of ether oxygens (including phenoxy) is 3. The zero-order chi connectivity index (χ0) is 26.7. The summed E-state index contributed by atoms with van der Waals surface area (Å²) in [5, 5.41) is 0. The molecule has 212 valence electrons. The quantitative estimate of drug-likeness (QED) is 0.162. The van der Waals surface area contributed by atoms with E-state index in [1.54, 1.807) is 0 Å². The van der Waals surface area contributed by atoms with Crippen molar-refractivity contribution >= 4 is 0 Å². The van der Waals surface area contributed by atoms with Gasteiger partial charge in [-0.3, -0.25) is 4.98 Å². The van der Waals surface area contributed by atoms with Gasteiger partial charge in [-0.05, 0) is 43.2 Å². The Bertz CT molecular complexity index is 828. The molecule has 0 bridgehead atoms. The van der Waals surface area contributed by atoms with Gasteiger partial charge in [0, 0.05) is 23.2 Å². The summed E-state index contributed by atoms with van der Waals surface area (Å²) in [6.07, 6.45) is 22.8. The number of hydrogen-bond donors (Lipinski definition) is 0. The second kappa shape index (κ2) is 19.2. The Labute approximate surface area is 232 Å². The molecule has 0 aliphatic carbocycles. The lowest BCUT2D eigenvalue weighted by atomic mass is 10.0. The average Bonchev–Trinajstić information content (AvgIpc) is 2.97. The summed E-state index contributed by atoms with van der Waals surface area (Å²) in [7, 11) is 0. The fourth-order valence-electron chi connectivity index (χ4n) is 5.16. The van der Waals surface area contributed by atoms with Crippen molar-refractivity contribution < 1.29 is 14.2 Å². The molecule has 1 aromatic carbocycles. The van der Waals surface area contributed by atoms with Crippen LogP contribution in [0.2, 0.25) is 0 Å². The second-order valence-corrected chi connectivity index (χ2v) is 11.1.